The number of methoxy groups -OCH3 is 1. The molecule has 2 aliphatic heterocycles. The Hall–Kier alpha value is -1.80. The molecule has 20 atom stereocenters. The smallest absolute Gasteiger partial charge is 0.311 e. The lowest BCUT2D eigenvalue weighted by atomic mass is 9.33. The minimum absolute atomic E-state index is 0.0487. The van der Waals surface area contributed by atoms with Gasteiger partial charge in [0.05, 0.1) is 50.0 Å². The highest BCUT2D eigenvalue weighted by atomic mass is 16.8. The van der Waals surface area contributed by atoms with Gasteiger partial charge >= 0.3 is 11.9 Å². The van der Waals surface area contributed by atoms with E-state index in [1.807, 2.05) is 13.8 Å². The first-order valence-corrected chi connectivity index (χ1v) is 21.0. The first-order valence-electron chi connectivity index (χ1n) is 21.0. The van der Waals surface area contributed by atoms with Crippen LogP contribution in [-0.4, -0.2) is 152 Å². The minimum atomic E-state index is -1.76. The third-order valence-electron chi connectivity index (χ3n) is 17.4. The highest BCUT2D eigenvalue weighted by molar-refractivity contribution is 5.80. The zero-order valence-corrected chi connectivity index (χ0v) is 34.5. The van der Waals surface area contributed by atoms with Crippen molar-refractivity contribution >= 4 is 11.9 Å². The van der Waals surface area contributed by atoms with Crippen molar-refractivity contribution in [3.05, 3.63) is 11.6 Å². The fourth-order valence-corrected chi connectivity index (χ4v) is 13.8. The quantitative estimate of drug-likeness (QED) is 0.120. The molecule has 16 heteroatoms. The molecule has 7 rings (SSSR count). The van der Waals surface area contributed by atoms with Gasteiger partial charge in [-0.3, -0.25) is 9.59 Å². The third kappa shape index (κ3) is 6.29. The molecule has 7 aliphatic rings. The van der Waals surface area contributed by atoms with E-state index in [1.165, 1.54) is 7.11 Å². The average molecular weight is 827 g/mol. The van der Waals surface area contributed by atoms with Crippen LogP contribution in [0.3, 0.4) is 0 Å². The zero-order chi connectivity index (χ0) is 42.5. The van der Waals surface area contributed by atoms with E-state index in [0.29, 0.717) is 51.4 Å². The number of aliphatic hydroxyl groups excluding tert-OH is 8. The Labute approximate surface area is 339 Å². The number of esters is 1. The number of carboxylic acids is 1. The maximum absolute atomic E-state index is 13.2. The molecule has 330 valence electrons. The number of aliphatic carboxylic acids is 1. The first kappa shape index (κ1) is 44.3. The van der Waals surface area contributed by atoms with E-state index in [2.05, 4.69) is 26.8 Å². The van der Waals surface area contributed by atoms with Crippen LogP contribution in [-0.2, 0) is 33.3 Å². The molecule has 4 saturated carbocycles. The van der Waals surface area contributed by atoms with E-state index >= 15 is 0 Å². The van der Waals surface area contributed by atoms with E-state index in [0.717, 1.165) is 12.0 Å². The van der Waals surface area contributed by atoms with Gasteiger partial charge in [0.2, 0.25) is 0 Å². The lowest BCUT2D eigenvalue weighted by Gasteiger charge is -2.71. The third-order valence-corrected chi connectivity index (χ3v) is 17.4. The maximum Gasteiger partial charge on any atom is 0.311 e. The van der Waals surface area contributed by atoms with Crippen molar-refractivity contribution in [2.24, 2.45) is 50.2 Å². The molecule has 0 aromatic rings. The van der Waals surface area contributed by atoms with Crippen molar-refractivity contribution in [1.29, 1.82) is 0 Å². The van der Waals surface area contributed by atoms with Crippen molar-refractivity contribution in [3.63, 3.8) is 0 Å². The monoisotopic (exact) mass is 826 g/mol. The van der Waals surface area contributed by atoms with Crippen molar-refractivity contribution in [3.8, 4) is 0 Å². The number of carbonyl (C=O) groups excluding carboxylic acids is 1. The molecule has 2 heterocycles. The van der Waals surface area contributed by atoms with Crippen LogP contribution in [0.5, 0.6) is 0 Å². The predicted molar refractivity (Wildman–Crippen MR) is 201 cm³/mol. The second kappa shape index (κ2) is 15.2. The van der Waals surface area contributed by atoms with Crippen LogP contribution in [0.15, 0.2) is 11.6 Å². The largest absolute Gasteiger partial charge is 0.481 e. The molecule has 58 heavy (non-hydrogen) atoms. The molecule has 0 bridgehead atoms. The molecule has 9 N–H and O–H groups in total. The Morgan fingerprint density at radius 1 is 0.810 bits per heavy atom. The van der Waals surface area contributed by atoms with Gasteiger partial charge in [0.15, 0.2) is 12.6 Å². The Balaban J connectivity index is 1.11. The second-order valence-corrected chi connectivity index (χ2v) is 20.1. The molecule has 0 unspecified atom stereocenters. The molecule has 0 amide bonds. The summed E-state index contributed by atoms with van der Waals surface area (Å²) < 4.78 is 28.4. The maximum atomic E-state index is 13.2. The van der Waals surface area contributed by atoms with Gasteiger partial charge in [-0.2, -0.15) is 0 Å². The number of carbonyl (C=O) groups is 2. The highest BCUT2D eigenvalue weighted by Crippen LogP contribution is 2.76. The van der Waals surface area contributed by atoms with E-state index in [-0.39, 0.29) is 47.8 Å². The summed E-state index contributed by atoms with van der Waals surface area (Å²) in [7, 11) is 1.38. The molecule has 6 fully saturated rings. The van der Waals surface area contributed by atoms with Gasteiger partial charge in [-0.05, 0) is 98.7 Å². The number of ether oxygens (including phenoxy) is 5. The van der Waals surface area contributed by atoms with Crippen LogP contribution in [0.2, 0.25) is 0 Å². The number of fused-ring (bicyclic) bond motifs is 7. The van der Waals surface area contributed by atoms with Crippen molar-refractivity contribution in [2.75, 3.05) is 26.9 Å². The van der Waals surface area contributed by atoms with Gasteiger partial charge in [-0.25, -0.2) is 0 Å². The summed E-state index contributed by atoms with van der Waals surface area (Å²) in [5.74, 6) is -1.54. The molecule has 16 nitrogen and oxygen atoms in total. The predicted octanol–water partition coefficient (Wildman–Crippen LogP) is 0.617. The van der Waals surface area contributed by atoms with Gasteiger partial charge in [-0.1, -0.05) is 39.3 Å². The standard InChI is InChI=1S/C42H66O16/c1-37(36(53)54-6)11-13-42(35(51)52)14-12-40(4)20(21(42)15-37)7-8-26-38(2)16-22(45)32(39(3,19-44)25(38)9-10-41(26,40)5)56-24-18-55-33(30(49)28(24)47)58-34-31(50)29(48)27(46)23(17-43)57-34/h7,21-34,43-50H,8-19H2,1-6H3,(H,51,52)/t21-,22-,23-,24+,25+,26-,27-,28+,29+,30+,31-,32+,33-,34+,37-,38+,39+,40-,41+,42+/m0/s1. The minimum Gasteiger partial charge on any atom is -0.481 e. The molecule has 0 spiro atoms. The molecule has 0 radical (unpaired) electrons. The Bertz CT molecular complexity index is 1610. The highest BCUT2D eigenvalue weighted by Gasteiger charge is 2.71. The fraction of sp³-hybridized carbons (Fsp3) is 0.905. The lowest BCUT2D eigenvalue weighted by Crippen LogP contribution is -2.69. The van der Waals surface area contributed by atoms with Crippen molar-refractivity contribution < 1.29 is 79.2 Å². The Morgan fingerprint density at radius 2 is 1.48 bits per heavy atom. The van der Waals surface area contributed by atoms with E-state index in [1.54, 1.807) is 0 Å². The average Bonchev–Trinajstić information content (AvgIpc) is 3.18. The topological polar surface area (TPSA) is 262 Å². The molecular formula is C42H66O16. The molecule has 5 aliphatic carbocycles. The van der Waals surface area contributed by atoms with Crippen molar-refractivity contribution in [1.82, 2.24) is 0 Å². The summed E-state index contributed by atoms with van der Waals surface area (Å²) in [4.78, 5) is 26.3. The fourth-order valence-electron chi connectivity index (χ4n) is 13.8. The summed E-state index contributed by atoms with van der Waals surface area (Å²) in [5, 5.41) is 96.7. The number of carboxylic acid groups (broad SMARTS) is 1. The van der Waals surface area contributed by atoms with Crippen LogP contribution in [0.4, 0.5) is 0 Å². The summed E-state index contributed by atoms with van der Waals surface area (Å²) in [5.41, 5.74) is -2.81. The van der Waals surface area contributed by atoms with Gasteiger partial charge in [0.1, 0.15) is 42.7 Å². The number of hydrogen-bond donors (Lipinski definition) is 9. The van der Waals surface area contributed by atoms with Gasteiger partial charge < -0.3 is 69.6 Å². The Kier molecular flexibility index (Phi) is 11.6. The summed E-state index contributed by atoms with van der Waals surface area (Å²) in [6.07, 6.45) is -8.95. The molecule has 2 saturated heterocycles. The van der Waals surface area contributed by atoms with Gasteiger partial charge in [0.25, 0.3) is 0 Å². The van der Waals surface area contributed by atoms with Crippen LogP contribution < -0.4 is 0 Å². The van der Waals surface area contributed by atoms with Gasteiger partial charge in [0, 0.05) is 5.41 Å². The molecular weight excluding hydrogens is 760 g/mol. The number of aliphatic hydroxyl groups is 8. The van der Waals surface area contributed by atoms with Crippen LogP contribution >= 0.6 is 0 Å². The lowest BCUT2D eigenvalue weighted by molar-refractivity contribution is -0.371. The van der Waals surface area contributed by atoms with E-state index < -0.39 is 102 Å². The van der Waals surface area contributed by atoms with Crippen molar-refractivity contribution in [2.45, 2.75) is 160 Å². The zero-order valence-electron chi connectivity index (χ0n) is 34.5. The SMILES string of the molecule is COC(=O)[C@@]1(C)CC[C@@]2(C(=O)O)CC[C@@]3(C)C(=CC[C@H]4[C@]5(C)C[C@H](O)[C@@H](O[C@@H]6CO[C@@H](O[C@H]7O[C@@H](CO)[C@H](O)[C@@H](O)[C@@H]7O)[C@H](O)[C@@H]6O)[C@](C)(CO)[C@@H]5CC[C@]43C)[C@@H]2C1. The number of allylic oxidation sites excluding steroid dienone is 2. The summed E-state index contributed by atoms with van der Waals surface area (Å²) >= 11 is 0. The summed E-state index contributed by atoms with van der Waals surface area (Å²) in [6.45, 7) is 9.23. The normalized spacial score (nSPS) is 54.2. The second-order valence-electron chi connectivity index (χ2n) is 20.1. The first-order chi connectivity index (χ1) is 27.1. The van der Waals surface area contributed by atoms with Crippen LogP contribution in [0, 0.1) is 50.2 Å². The van der Waals surface area contributed by atoms with Gasteiger partial charge in [-0.15, -0.1) is 0 Å². The van der Waals surface area contributed by atoms with Crippen LogP contribution in [0.1, 0.15) is 92.4 Å². The molecule has 0 aromatic heterocycles. The molecule has 0 aromatic carbocycles. The van der Waals surface area contributed by atoms with E-state index in [4.69, 9.17) is 23.7 Å². The van der Waals surface area contributed by atoms with Crippen LogP contribution in [0.25, 0.3) is 0 Å². The summed E-state index contributed by atoms with van der Waals surface area (Å²) in [6, 6.07) is 0. The Morgan fingerprint density at radius 3 is 2.12 bits per heavy atom. The number of rotatable bonds is 8. The number of hydrogen-bond acceptors (Lipinski definition) is 15. The van der Waals surface area contributed by atoms with E-state index in [9.17, 15) is 55.5 Å².